The molecule has 1 aromatic carbocycles. The lowest BCUT2D eigenvalue weighted by Gasteiger charge is -2.37. The first kappa shape index (κ1) is 20.8. The number of pyridine rings is 1. The minimum Gasteiger partial charge on any atom is -0.494 e. The molecule has 1 fully saturated rings. The van der Waals surface area contributed by atoms with E-state index in [0.717, 1.165) is 36.5 Å². The fourth-order valence-electron chi connectivity index (χ4n) is 3.64. The summed E-state index contributed by atoms with van der Waals surface area (Å²) in [4.78, 5) is 19.0. The van der Waals surface area contributed by atoms with Crippen molar-refractivity contribution in [2.75, 3.05) is 19.7 Å². The average Bonchev–Trinajstić information content (AvgIpc) is 2.72. The first-order valence-corrected chi connectivity index (χ1v) is 10.0. The van der Waals surface area contributed by atoms with Gasteiger partial charge in [-0.1, -0.05) is 12.1 Å². The van der Waals surface area contributed by atoms with Crippen molar-refractivity contribution >= 4 is 5.91 Å². The summed E-state index contributed by atoms with van der Waals surface area (Å²) in [5.41, 5.74) is 2.90. The van der Waals surface area contributed by atoms with Gasteiger partial charge in [0.15, 0.2) is 0 Å². The van der Waals surface area contributed by atoms with E-state index in [2.05, 4.69) is 39.5 Å². The smallest absolute Gasteiger partial charge is 0.254 e. The van der Waals surface area contributed by atoms with E-state index in [-0.39, 0.29) is 5.91 Å². The van der Waals surface area contributed by atoms with Crippen molar-refractivity contribution < 1.29 is 9.53 Å². The Kier molecular flexibility index (Phi) is 6.50. The van der Waals surface area contributed by atoms with Crippen LogP contribution in [0, 0.1) is 25.2 Å². The first-order valence-electron chi connectivity index (χ1n) is 10.0. The van der Waals surface area contributed by atoms with Gasteiger partial charge in [-0.2, -0.15) is 5.26 Å². The Bertz CT molecular complexity index is 911. The van der Waals surface area contributed by atoms with Gasteiger partial charge in [0, 0.05) is 32.0 Å². The maximum absolute atomic E-state index is 12.6. The molecule has 0 radical (unpaired) electrons. The number of piperidine rings is 1. The molecule has 6 nitrogen and oxygen atoms in total. The zero-order valence-corrected chi connectivity index (χ0v) is 17.4. The number of nitriles is 1. The normalized spacial score (nSPS) is 16.1. The van der Waals surface area contributed by atoms with Gasteiger partial charge in [0.2, 0.25) is 0 Å². The van der Waals surface area contributed by atoms with Crippen molar-refractivity contribution in [2.45, 2.75) is 45.7 Å². The fraction of sp³-hybridized carbons (Fsp3) is 0.435. The Labute approximate surface area is 172 Å². The Morgan fingerprint density at radius 3 is 2.69 bits per heavy atom. The van der Waals surface area contributed by atoms with Gasteiger partial charge in [0.1, 0.15) is 11.3 Å². The Morgan fingerprint density at radius 1 is 1.28 bits per heavy atom. The van der Waals surface area contributed by atoms with Crippen molar-refractivity contribution in [2.24, 2.45) is 0 Å². The van der Waals surface area contributed by atoms with Crippen LogP contribution < -0.4 is 10.1 Å². The molecule has 1 amide bonds. The standard InChI is InChI=1S/C23H28N4O2/c1-4-29-21-12-19(6-5-18(21)3)15-27-9-7-23(16-24,8-10-27)26-22(28)20-11-17(2)13-25-14-20/h5-6,11-14H,4,7-10,15H2,1-3H3,(H,26,28). The number of likely N-dealkylation sites (tertiary alicyclic amines) is 1. The van der Waals surface area contributed by atoms with Gasteiger partial charge in [-0.15, -0.1) is 0 Å². The lowest BCUT2D eigenvalue weighted by atomic mass is 9.88. The number of carbonyl (C=O) groups excluding carboxylic acids is 1. The molecule has 0 bridgehead atoms. The highest BCUT2D eigenvalue weighted by Gasteiger charge is 2.36. The summed E-state index contributed by atoms with van der Waals surface area (Å²) in [6.07, 6.45) is 4.44. The van der Waals surface area contributed by atoms with Gasteiger partial charge in [-0.05, 0) is 62.4 Å². The summed E-state index contributed by atoms with van der Waals surface area (Å²) in [5.74, 6) is 0.684. The molecule has 1 N–H and O–H groups in total. The molecule has 2 heterocycles. The SMILES string of the molecule is CCOc1cc(CN2CCC(C#N)(NC(=O)c3cncc(C)c3)CC2)ccc1C. The predicted molar refractivity (Wildman–Crippen MR) is 112 cm³/mol. The van der Waals surface area contributed by atoms with Crippen LogP contribution in [0.4, 0.5) is 0 Å². The number of carbonyl (C=O) groups is 1. The fourth-order valence-corrected chi connectivity index (χ4v) is 3.64. The van der Waals surface area contributed by atoms with E-state index >= 15 is 0 Å². The first-order chi connectivity index (χ1) is 13.9. The van der Waals surface area contributed by atoms with Crippen molar-refractivity contribution in [3.8, 4) is 11.8 Å². The predicted octanol–water partition coefficient (Wildman–Crippen LogP) is 3.39. The van der Waals surface area contributed by atoms with Crippen LogP contribution in [0.2, 0.25) is 0 Å². The highest BCUT2D eigenvalue weighted by molar-refractivity contribution is 5.94. The number of rotatable bonds is 6. The van der Waals surface area contributed by atoms with Crippen molar-refractivity contribution in [3.05, 3.63) is 58.9 Å². The number of hydrogen-bond donors (Lipinski definition) is 1. The highest BCUT2D eigenvalue weighted by Crippen LogP contribution is 2.25. The number of hydrogen-bond acceptors (Lipinski definition) is 5. The number of benzene rings is 1. The van der Waals surface area contributed by atoms with E-state index in [1.165, 1.54) is 11.8 Å². The number of amides is 1. The minimum atomic E-state index is -0.832. The molecular formula is C23H28N4O2. The molecule has 152 valence electrons. The van der Waals surface area contributed by atoms with Crippen LogP contribution in [-0.2, 0) is 6.54 Å². The largest absolute Gasteiger partial charge is 0.494 e. The molecule has 1 aliphatic rings. The van der Waals surface area contributed by atoms with Gasteiger partial charge in [-0.3, -0.25) is 14.7 Å². The minimum absolute atomic E-state index is 0.240. The molecule has 0 aliphatic carbocycles. The van der Waals surface area contributed by atoms with Gasteiger partial charge in [-0.25, -0.2) is 0 Å². The molecule has 3 rings (SSSR count). The molecule has 1 aromatic heterocycles. The monoisotopic (exact) mass is 392 g/mol. The second kappa shape index (κ2) is 9.06. The number of aromatic nitrogens is 1. The van der Waals surface area contributed by atoms with E-state index < -0.39 is 5.54 Å². The molecule has 6 heteroatoms. The number of nitrogens with zero attached hydrogens (tertiary/aromatic N) is 3. The number of aryl methyl sites for hydroxylation is 2. The van der Waals surface area contributed by atoms with E-state index in [1.54, 1.807) is 12.3 Å². The Balaban J connectivity index is 1.61. The van der Waals surface area contributed by atoms with Crippen LogP contribution >= 0.6 is 0 Å². The summed E-state index contributed by atoms with van der Waals surface area (Å²) in [6, 6.07) is 10.4. The van der Waals surface area contributed by atoms with Crippen molar-refractivity contribution in [1.82, 2.24) is 15.2 Å². The highest BCUT2D eigenvalue weighted by atomic mass is 16.5. The molecule has 2 aromatic rings. The molecule has 1 saturated heterocycles. The van der Waals surface area contributed by atoms with Gasteiger partial charge in [0.05, 0.1) is 18.2 Å². The lowest BCUT2D eigenvalue weighted by molar-refractivity contribution is 0.0865. The van der Waals surface area contributed by atoms with E-state index in [4.69, 9.17) is 4.74 Å². The molecule has 0 saturated carbocycles. The van der Waals surface area contributed by atoms with Gasteiger partial charge >= 0.3 is 0 Å². The van der Waals surface area contributed by atoms with Crippen LogP contribution in [-0.4, -0.2) is 41.0 Å². The second-order valence-corrected chi connectivity index (χ2v) is 7.71. The van der Waals surface area contributed by atoms with Crippen molar-refractivity contribution in [1.29, 1.82) is 5.26 Å². The molecular weight excluding hydrogens is 364 g/mol. The van der Waals surface area contributed by atoms with Crippen LogP contribution in [0.1, 0.15) is 46.8 Å². The summed E-state index contributed by atoms with van der Waals surface area (Å²) in [6.45, 7) is 8.87. The van der Waals surface area contributed by atoms with E-state index in [0.29, 0.717) is 25.0 Å². The zero-order chi connectivity index (χ0) is 20.9. The van der Waals surface area contributed by atoms with Crippen LogP contribution in [0.3, 0.4) is 0 Å². The van der Waals surface area contributed by atoms with Gasteiger partial charge < -0.3 is 10.1 Å². The third kappa shape index (κ3) is 5.12. The molecule has 1 aliphatic heterocycles. The van der Waals surface area contributed by atoms with Gasteiger partial charge in [0.25, 0.3) is 5.91 Å². The van der Waals surface area contributed by atoms with Crippen LogP contribution in [0.15, 0.2) is 36.7 Å². The summed E-state index contributed by atoms with van der Waals surface area (Å²) in [5, 5.41) is 12.7. The molecule has 0 atom stereocenters. The quantitative estimate of drug-likeness (QED) is 0.815. The zero-order valence-electron chi connectivity index (χ0n) is 17.4. The molecule has 0 unspecified atom stereocenters. The lowest BCUT2D eigenvalue weighted by Crippen LogP contribution is -2.54. The third-order valence-corrected chi connectivity index (χ3v) is 5.37. The molecule has 0 spiro atoms. The number of nitrogens with one attached hydrogen (secondary N) is 1. The van der Waals surface area contributed by atoms with Crippen LogP contribution in [0.25, 0.3) is 0 Å². The summed E-state index contributed by atoms with van der Waals surface area (Å²) in [7, 11) is 0. The Hall–Kier alpha value is -2.91. The topological polar surface area (TPSA) is 78.2 Å². The third-order valence-electron chi connectivity index (χ3n) is 5.37. The van der Waals surface area contributed by atoms with Crippen LogP contribution in [0.5, 0.6) is 5.75 Å². The molecule has 29 heavy (non-hydrogen) atoms. The average molecular weight is 393 g/mol. The number of ether oxygens (including phenoxy) is 1. The second-order valence-electron chi connectivity index (χ2n) is 7.71. The van der Waals surface area contributed by atoms with E-state index in [9.17, 15) is 10.1 Å². The van der Waals surface area contributed by atoms with E-state index in [1.807, 2.05) is 20.8 Å². The summed E-state index contributed by atoms with van der Waals surface area (Å²) < 4.78 is 5.70. The Morgan fingerprint density at radius 2 is 2.03 bits per heavy atom. The summed E-state index contributed by atoms with van der Waals surface area (Å²) >= 11 is 0. The van der Waals surface area contributed by atoms with Crippen molar-refractivity contribution in [3.63, 3.8) is 0 Å². The maximum Gasteiger partial charge on any atom is 0.254 e. The maximum atomic E-state index is 12.6.